The molecule has 0 aliphatic carbocycles. The molecule has 2 saturated heterocycles. The minimum absolute atomic E-state index is 0.123. The Kier molecular flexibility index (Phi) is 5.36. The Morgan fingerprint density at radius 3 is 2.65 bits per heavy atom. The maximum absolute atomic E-state index is 12.8. The third kappa shape index (κ3) is 3.83. The lowest BCUT2D eigenvalue weighted by Gasteiger charge is -2.39. The summed E-state index contributed by atoms with van der Waals surface area (Å²) in [5.74, 6) is 0.460. The van der Waals surface area contributed by atoms with Crippen LogP contribution in [0.5, 0.6) is 5.75 Å². The van der Waals surface area contributed by atoms with Crippen molar-refractivity contribution < 1.29 is 14.3 Å². The van der Waals surface area contributed by atoms with Crippen molar-refractivity contribution in [1.29, 1.82) is 0 Å². The summed E-state index contributed by atoms with van der Waals surface area (Å²) in [7, 11) is 0. The van der Waals surface area contributed by atoms with Gasteiger partial charge in [0, 0.05) is 55.4 Å². The number of hydrogen-bond donors (Lipinski definition) is 2. The van der Waals surface area contributed by atoms with Crippen LogP contribution in [0.25, 0.3) is 0 Å². The zero-order valence-electron chi connectivity index (χ0n) is 14.9. The van der Waals surface area contributed by atoms with E-state index in [1.54, 1.807) is 6.07 Å². The van der Waals surface area contributed by atoms with E-state index in [0.29, 0.717) is 28.8 Å². The third-order valence-electron chi connectivity index (χ3n) is 5.64. The van der Waals surface area contributed by atoms with Gasteiger partial charge in [0.1, 0.15) is 5.75 Å². The van der Waals surface area contributed by atoms with E-state index in [0.717, 1.165) is 57.6 Å². The van der Waals surface area contributed by atoms with Crippen LogP contribution in [0.2, 0.25) is 5.02 Å². The maximum atomic E-state index is 12.8. The van der Waals surface area contributed by atoms with Crippen molar-refractivity contribution in [3.8, 4) is 5.75 Å². The highest BCUT2D eigenvalue weighted by Gasteiger charge is 2.30. The van der Waals surface area contributed by atoms with Gasteiger partial charge in [-0.15, -0.1) is 0 Å². The largest absolute Gasteiger partial charge is 0.474 e. The van der Waals surface area contributed by atoms with Gasteiger partial charge >= 0.3 is 0 Å². The molecule has 3 aliphatic heterocycles. The van der Waals surface area contributed by atoms with Crippen LogP contribution < -0.4 is 15.8 Å². The Labute approximate surface area is 158 Å². The number of piperidine rings is 1. The number of likely N-dealkylation sites (tertiary alicyclic amines) is 1. The van der Waals surface area contributed by atoms with E-state index in [4.69, 9.17) is 26.8 Å². The summed E-state index contributed by atoms with van der Waals surface area (Å²) in [6, 6.07) is 4.31. The maximum Gasteiger partial charge on any atom is 0.255 e. The molecule has 3 heterocycles. The minimum atomic E-state index is -0.405. The summed E-state index contributed by atoms with van der Waals surface area (Å²) < 4.78 is 11.1. The molecule has 3 aliphatic rings. The van der Waals surface area contributed by atoms with E-state index >= 15 is 0 Å². The summed E-state index contributed by atoms with van der Waals surface area (Å²) in [6.45, 7) is 3.77. The predicted molar refractivity (Wildman–Crippen MR) is 99.7 cm³/mol. The number of rotatable bonds is 3. The molecule has 6 nitrogen and oxygen atoms in total. The van der Waals surface area contributed by atoms with Crippen molar-refractivity contribution >= 4 is 17.5 Å². The summed E-state index contributed by atoms with van der Waals surface area (Å²) in [5.41, 5.74) is 7.26. The number of nitrogens with two attached hydrogens (primary N) is 1. The number of fused-ring (bicyclic) bond motifs is 1. The summed E-state index contributed by atoms with van der Waals surface area (Å²) in [5, 5.41) is 3.70. The van der Waals surface area contributed by atoms with Gasteiger partial charge in [-0.25, -0.2) is 0 Å². The Hall–Kier alpha value is -1.34. The fraction of sp³-hybridized carbons (Fsp3) is 0.632. The fourth-order valence-corrected chi connectivity index (χ4v) is 4.48. The van der Waals surface area contributed by atoms with Gasteiger partial charge in [-0.3, -0.25) is 10.5 Å². The molecule has 0 spiro atoms. The SMILES string of the molecule is NC1Cc2cc(Cl)cc(C(=O)NC3CCN(C4CCOCC4)CC3)c2O1. The van der Waals surface area contributed by atoms with E-state index < -0.39 is 6.23 Å². The van der Waals surface area contributed by atoms with Crippen molar-refractivity contribution in [1.82, 2.24) is 10.2 Å². The third-order valence-corrected chi connectivity index (χ3v) is 5.86. The lowest BCUT2D eigenvalue weighted by atomic mass is 9.99. The summed E-state index contributed by atoms with van der Waals surface area (Å²) >= 11 is 6.17. The normalized spacial score (nSPS) is 24.9. The predicted octanol–water partition coefficient (Wildman–Crippen LogP) is 1.93. The highest BCUT2D eigenvalue weighted by molar-refractivity contribution is 6.31. The Bertz CT molecular complexity index is 670. The van der Waals surface area contributed by atoms with Gasteiger partial charge in [0.15, 0.2) is 6.23 Å². The minimum Gasteiger partial charge on any atom is -0.474 e. The highest BCUT2D eigenvalue weighted by atomic mass is 35.5. The monoisotopic (exact) mass is 379 g/mol. The van der Waals surface area contributed by atoms with Gasteiger partial charge < -0.3 is 19.7 Å². The molecule has 7 heteroatoms. The number of carbonyl (C=O) groups is 1. The quantitative estimate of drug-likeness (QED) is 0.839. The number of hydrogen-bond acceptors (Lipinski definition) is 5. The van der Waals surface area contributed by atoms with Crippen molar-refractivity contribution in [2.24, 2.45) is 5.73 Å². The number of amides is 1. The van der Waals surface area contributed by atoms with Gasteiger partial charge in [0.25, 0.3) is 5.91 Å². The molecular formula is C19H26ClN3O3. The van der Waals surface area contributed by atoms with Crippen LogP contribution in [-0.4, -0.2) is 55.4 Å². The van der Waals surface area contributed by atoms with E-state index in [-0.39, 0.29) is 11.9 Å². The lowest BCUT2D eigenvalue weighted by molar-refractivity contribution is 0.0238. The van der Waals surface area contributed by atoms with Crippen molar-refractivity contribution in [2.75, 3.05) is 26.3 Å². The molecule has 1 aromatic rings. The van der Waals surface area contributed by atoms with Gasteiger partial charge in [-0.2, -0.15) is 0 Å². The van der Waals surface area contributed by atoms with E-state index in [9.17, 15) is 4.79 Å². The van der Waals surface area contributed by atoms with Crippen LogP contribution in [0.4, 0.5) is 0 Å². The van der Waals surface area contributed by atoms with Crippen LogP contribution in [0.1, 0.15) is 41.6 Å². The molecule has 2 fully saturated rings. The van der Waals surface area contributed by atoms with Crippen LogP contribution >= 0.6 is 11.6 Å². The van der Waals surface area contributed by atoms with Crippen LogP contribution in [-0.2, 0) is 11.2 Å². The Morgan fingerprint density at radius 2 is 1.92 bits per heavy atom. The van der Waals surface area contributed by atoms with Gasteiger partial charge in [-0.05, 0) is 37.8 Å². The van der Waals surface area contributed by atoms with Gasteiger partial charge in [0.2, 0.25) is 0 Å². The van der Waals surface area contributed by atoms with E-state index in [2.05, 4.69) is 10.2 Å². The molecule has 0 saturated carbocycles. The molecule has 0 radical (unpaired) electrons. The van der Waals surface area contributed by atoms with Crippen LogP contribution in [0.15, 0.2) is 12.1 Å². The van der Waals surface area contributed by atoms with Gasteiger partial charge in [0.05, 0.1) is 5.56 Å². The van der Waals surface area contributed by atoms with Crippen molar-refractivity contribution in [3.05, 3.63) is 28.3 Å². The number of halogens is 1. The van der Waals surface area contributed by atoms with E-state index in [1.807, 2.05) is 6.07 Å². The molecule has 1 unspecified atom stereocenters. The number of nitrogens with zero attached hydrogens (tertiary/aromatic N) is 1. The Morgan fingerprint density at radius 1 is 1.19 bits per heavy atom. The molecule has 26 heavy (non-hydrogen) atoms. The molecule has 1 atom stereocenters. The number of ether oxygens (including phenoxy) is 2. The molecule has 1 aromatic carbocycles. The fourth-order valence-electron chi connectivity index (χ4n) is 4.24. The van der Waals surface area contributed by atoms with Crippen molar-refractivity contribution in [3.63, 3.8) is 0 Å². The van der Waals surface area contributed by atoms with Gasteiger partial charge in [-0.1, -0.05) is 11.6 Å². The molecule has 1 amide bonds. The first-order chi connectivity index (χ1) is 12.6. The number of nitrogens with one attached hydrogen (secondary N) is 1. The van der Waals surface area contributed by atoms with Crippen molar-refractivity contribution in [2.45, 2.75) is 50.4 Å². The summed E-state index contributed by atoms with van der Waals surface area (Å²) in [6.07, 6.45) is 4.34. The lowest BCUT2D eigenvalue weighted by Crippen LogP contribution is -2.49. The summed E-state index contributed by atoms with van der Waals surface area (Å²) in [4.78, 5) is 15.3. The highest BCUT2D eigenvalue weighted by Crippen LogP contribution is 2.34. The second kappa shape index (κ2) is 7.72. The molecule has 0 aromatic heterocycles. The average molecular weight is 380 g/mol. The van der Waals surface area contributed by atoms with E-state index in [1.165, 1.54) is 0 Å². The first kappa shape index (κ1) is 18.0. The smallest absolute Gasteiger partial charge is 0.255 e. The molecule has 142 valence electrons. The topological polar surface area (TPSA) is 76.8 Å². The second-order valence-electron chi connectivity index (χ2n) is 7.43. The first-order valence-corrected chi connectivity index (χ1v) is 9.85. The molecule has 4 rings (SSSR count). The zero-order chi connectivity index (χ0) is 18.1. The first-order valence-electron chi connectivity index (χ1n) is 9.47. The zero-order valence-corrected chi connectivity index (χ0v) is 15.6. The van der Waals surface area contributed by atoms with Crippen LogP contribution in [0, 0.1) is 0 Å². The molecular weight excluding hydrogens is 354 g/mol. The molecule has 3 N–H and O–H groups in total. The molecule has 0 bridgehead atoms. The average Bonchev–Trinajstić information content (AvgIpc) is 3.02. The number of benzene rings is 1. The Balaban J connectivity index is 1.36. The number of carbonyl (C=O) groups excluding carboxylic acids is 1. The van der Waals surface area contributed by atoms with Crippen LogP contribution in [0.3, 0.4) is 0 Å². The standard InChI is InChI=1S/C19H26ClN3O3/c20-13-9-12-10-17(21)26-18(12)16(11-13)19(24)22-14-1-5-23(6-2-14)15-3-7-25-8-4-15/h9,11,14-15,17H,1-8,10,21H2,(H,22,24). The second-order valence-corrected chi connectivity index (χ2v) is 7.87.